The van der Waals surface area contributed by atoms with E-state index in [9.17, 15) is 9.59 Å². The lowest BCUT2D eigenvalue weighted by atomic mass is 10.1. The quantitative estimate of drug-likeness (QED) is 0.617. The molecule has 0 aromatic carbocycles. The molecular weight excluding hydrogens is 322 g/mol. The Labute approximate surface area is 148 Å². The van der Waals surface area contributed by atoms with Gasteiger partial charge in [0.1, 0.15) is 5.60 Å². The molecule has 0 saturated carbocycles. The number of aromatic nitrogens is 2. The van der Waals surface area contributed by atoms with Crippen molar-refractivity contribution in [1.82, 2.24) is 14.7 Å². The molecule has 0 radical (unpaired) electrons. The molecule has 1 aliphatic rings. The van der Waals surface area contributed by atoms with Gasteiger partial charge in [-0.2, -0.15) is 5.10 Å². The monoisotopic (exact) mass is 347 g/mol. The summed E-state index contributed by atoms with van der Waals surface area (Å²) in [5, 5.41) is 4.50. The van der Waals surface area contributed by atoms with Gasteiger partial charge in [-0.25, -0.2) is 9.59 Å². The molecule has 0 unspecified atom stereocenters. The van der Waals surface area contributed by atoms with Crippen molar-refractivity contribution in [3.8, 4) is 12.3 Å². The largest absolute Gasteiger partial charge is 0.461 e. The van der Waals surface area contributed by atoms with Crippen LogP contribution in [-0.4, -0.2) is 45.5 Å². The Bertz CT molecular complexity index is 694. The summed E-state index contributed by atoms with van der Waals surface area (Å²) in [6.45, 7) is 8.69. The number of fused-ring (bicyclic) bond motifs is 1. The predicted octanol–water partition coefficient (Wildman–Crippen LogP) is 2.38. The number of nitrogens with zero attached hydrogens (tertiary/aromatic N) is 3. The molecule has 0 spiro atoms. The summed E-state index contributed by atoms with van der Waals surface area (Å²) in [4.78, 5) is 26.3. The van der Waals surface area contributed by atoms with Gasteiger partial charge in [0.05, 0.1) is 25.4 Å². The van der Waals surface area contributed by atoms with Crippen LogP contribution >= 0.6 is 0 Å². The minimum absolute atomic E-state index is 0.268. The first kappa shape index (κ1) is 18.8. The van der Waals surface area contributed by atoms with Crippen molar-refractivity contribution in [2.45, 2.75) is 59.2 Å². The SMILES string of the molecule is C#CCCn1nc2c(c1C(=O)OCC)CN(C(=O)OC(C)(C)C)CC2. The lowest BCUT2D eigenvalue weighted by molar-refractivity contribution is 0.0220. The molecule has 0 saturated heterocycles. The van der Waals surface area contributed by atoms with Crippen molar-refractivity contribution < 1.29 is 19.1 Å². The molecule has 1 aliphatic heterocycles. The van der Waals surface area contributed by atoms with Gasteiger partial charge in [0, 0.05) is 24.9 Å². The summed E-state index contributed by atoms with van der Waals surface area (Å²) >= 11 is 0. The normalized spacial score (nSPS) is 13.8. The summed E-state index contributed by atoms with van der Waals surface area (Å²) in [6.07, 6.45) is 5.95. The third-order valence-electron chi connectivity index (χ3n) is 3.69. The van der Waals surface area contributed by atoms with E-state index >= 15 is 0 Å². The molecule has 7 nitrogen and oxygen atoms in total. The van der Waals surface area contributed by atoms with Gasteiger partial charge in [0.2, 0.25) is 0 Å². The Morgan fingerprint density at radius 1 is 1.36 bits per heavy atom. The summed E-state index contributed by atoms with van der Waals surface area (Å²) < 4.78 is 12.2. The lowest BCUT2D eigenvalue weighted by Crippen LogP contribution is -2.40. The molecule has 136 valence electrons. The van der Waals surface area contributed by atoms with Gasteiger partial charge in [-0.3, -0.25) is 4.68 Å². The highest BCUT2D eigenvalue weighted by atomic mass is 16.6. The summed E-state index contributed by atoms with van der Waals surface area (Å²) in [6, 6.07) is 0. The lowest BCUT2D eigenvalue weighted by Gasteiger charge is -2.29. The molecule has 0 bridgehead atoms. The third-order valence-corrected chi connectivity index (χ3v) is 3.69. The van der Waals surface area contributed by atoms with Gasteiger partial charge in [0.25, 0.3) is 0 Å². The fourth-order valence-corrected chi connectivity index (χ4v) is 2.67. The number of ether oxygens (including phenoxy) is 2. The van der Waals surface area contributed by atoms with E-state index in [0.29, 0.717) is 37.2 Å². The third kappa shape index (κ3) is 4.53. The molecule has 1 aromatic rings. The number of rotatable bonds is 4. The molecule has 0 atom stereocenters. The van der Waals surface area contributed by atoms with E-state index in [1.807, 2.05) is 20.8 Å². The first-order valence-corrected chi connectivity index (χ1v) is 8.44. The maximum absolute atomic E-state index is 12.4. The summed E-state index contributed by atoms with van der Waals surface area (Å²) in [5.41, 5.74) is 1.33. The average Bonchev–Trinajstić information content (AvgIpc) is 2.88. The zero-order valence-corrected chi connectivity index (χ0v) is 15.3. The second-order valence-electron chi connectivity index (χ2n) is 6.82. The van der Waals surface area contributed by atoms with E-state index in [-0.39, 0.29) is 13.2 Å². The van der Waals surface area contributed by atoms with Crippen LogP contribution in [0.3, 0.4) is 0 Å². The van der Waals surface area contributed by atoms with Gasteiger partial charge in [-0.1, -0.05) is 0 Å². The average molecular weight is 347 g/mol. The number of esters is 1. The number of amides is 1. The zero-order chi connectivity index (χ0) is 18.6. The number of carbonyl (C=O) groups is 2. The smallest absolute Gasteiger partial charge is 0.410 e. The van der Waals surface area contributed by atoms with Crippen molar-refractivity contribution in [2.24, 2.45) is 0 Å². The highest BCUT2D eigenvalue weighted by Crippen LogP contribution is 2.25. The molecule has 0 fully saturated rings. The molecule has 7 heteroatoms. The summed E-state index contributed by atoms with van der Waals surface area (Å²) in [5.74, 6) is 2.10. The van der Waals surface area contributed by atoms with Gasteiger partial charge in [0.15, 0.2) is 5.69 Å². The van der Waals surface area contributed by atoms with Crippen LogP contribution in [0.1, 0.15) is 55.9 Å². The number of carbonyl (C=O) groups excluding carboxylic acids is 2. The van der Waals surface area contributed by atoms with Crippen LogP contribution in [0.25, 0.3) is 0 Å². The van der Waals surface area contributed by atoms with Crippen LogP contribution in [0.15, 0.2) is 0 Å². The van der Waals surface area contributed by atoms with Crippen molar-refractivity contribution in [3.05, 3.63) is 17.0 Å². The molecule has 0 N–H and O–H groups in total. The molecule has 2 rings (SSSR count). The van der Waals surface area contributed by atoms with Crippen LogP contribution < -0.4 is 0 Å². The van der Waals surface area contributed by atoms with Crippen LogP contribution in [0.5, 0.6) is 0 Å². The second-order valence-corrected chi connectivity index (χ2v) is 6.82. The highest BCUT2D eigenvalue weighted by Gasteiger charge is 2.32. The topological polar surface area (TPSA) is 73.7 Å². The molecule has 25 heavy (non-hydrogen) atoms. The zero-order valence-electron chi connectivity index (χ0n) is 15.3. The minimum Gasteiger partial charge on any atom is -0.461 e. The van der Waals surface area contributed by atoms with Gasteiger partial charge >= 0.3 is 12.1 Å². The fourth-order valence-electron chi connectivity index (χ4n) is 2.67. The standard InChI is InChI=1S/C18H25N3O4/c1-6-8-10-21-15(16(22)24-7-2)13-12-20(11-9-14(13)19-21)17(23)25-18(3,4)5/h1H,7-12H2,2-5H3. The predicted molar refractivity (Wildman–Crippen MR) is 92.0 cm³/mol. The van der Waals surface area contributed by atoms with E-state index in [1.165, 1.54) is 0 Å². The van der Waals surface area contributed by atoms with Crippen molar-refractivity contribution in [3.63, 3.8) is 0 Å². The van der Waals surface area contributed by atoms with E-state index in [4.69, 9.17) is 15.9 Å². The number of hydrogen-bond donors (Lipinski definition) is 0. The van der Waals surface area contributed by atoms with E-state index in [1.54, 1.807) is 16.5 Å². The fraction of sp³-hybridized carbons (Fsp3) is 0.611. The van der Waals surface area contributed by atoms with E-state index < -0.39 is 17.7 Å². The number of aryl methyl sites for hydroxylation is 1. The van der Waals surface area contributed by atoms with Crippen molar-refractivity contribution in [2.75, 3.05) is 13.2 Å². The number of terminal acetylenes is 1. The molecule has 2 heterocycles. The molecule has 1 amide bonds. The second kappa shape index (κ2) is 7.60. The van der Waals surface area contributed by atoms with Crippen molar-refractivity contribution >= 4 is 12.1 Å². The number of hydrogen-bond acceptors (Lipinski definition) is 5. The van der Waals surface area contributed by atoms with Gasteiger partial charge < -0.3 is 14.4 Å². The Balaban J connectivity index is 2.29. The first-order chi connectivity index (χ1) is 11.8. The first-order valence-electron chi connectivity index (χ1n) is 8.44. The Morgan fingerprint density at radius 3 is 2.68 bits per heavy atom. The maximum Gasteiger partial charge on any atom is 0.410 e. The van der Waals surface area contributed by atoms with Gasteiger partial charge in [-0.15, -0.1) is 12.3 Å². The van der Waals surface area contributed by atoms with E-state index in [0.717, 1.165) is 5.69 Å². The van der Waals surface area contributed by atoms with Crippen LogP contribution in [0.4, 0.5) is 4.79 Å². The van der Waals surface area contributed by atoms with Crippen LogP contribution in [0.2, 0.25) is 0 Å². The van der Waals surface area contributed by atoms with Crippen LogP contribution in [0, 0.1) is 12.3 Å². The highest BCUT2D eigenvalue weighted by molar-refractivity contribution is 5.90. The Morgan fingerprint density at radius 2 is 2.08 bits per heavy atom. The van der Waals surface area contributed by atoms with Gasteiger partial charge in [-0.05, 0) is 27.7 Å². The molecular formula is C18H25N3O4. The maximum atomic E-state index is 12.4. The van der Waals surface area contributed by atoms with Crippen LogP contribution in [-0.2, 0) is 29.0 Å². The van der Waals surface area contributed by atoms with E-state index in [2.05, 4.69) is 11.0 Å². The minimum atomic E-state index is -0.571. The Hall–Kier alpha value is -2.49. The summed E-state index contributed by atoms with van der Waals surface area (Å²) in [7, 11) is 0. The van der Waals surface area contributed by atoms with Crippen molar-refractivity contribution in [1.29, 1.82) is 0 Å². The molecule has 0 aliphatic carbocycles. The Kier molecular flexibility index (Phi) is 5.73. The molecule has 1 aromatic heterocycles.